The molecule has 1 aliphatic carbocycles. The SMILES string of the molecule is CCN(CC(=O)O)C1CC(NC(=O)C(NC(=O)Cc2ccccc2)C(C)C)C1. The highest BCUT2D eigenvalue weighted by Crippen LogP contribution is 2.25. The van der Waals surface area contributed by atoms with E-state index >= 15 is 0 Å². The second-order valence-electron chi connectivity index (χ2n) is 7.74. The monoisotopic (exact) mass is 389 g/mol. The maximum absolute atomic E-state index is 12.7. The van der Waals surface area contributed by atoms with Crippen molar-refractivity contribution < 1.29 is 19.5 Å². The summed E-state index contributed by atoms with van der Waals surface area (Å²) in [5.41, 5.74) is 0.905. The van der Waals surface area contributed by atoms with Crippen LogP contribution in [0.5, 0.6) is 0 Å². The topological polar surface area (TPSA) is 98.7 Å². The zero-order chi connectivity index (χ0) is 20.7. The number of hydrogen-bond acceptors (Lipinski definition) is 4. The van der Waals surface area contributed by atoms with Crippen LogP contribution in [0, 0.1) is 5.92 Å². The Kier molecular flexibility index (Phi) is 7.99. The van der Waals surface area contributed by atoms with Crippen LogP contribution in [0.1, 0.15) is 39.2 Å². The molecule has 1 atom stereocenters. The molecule has 1 unspecified atom stereocenters. The van der Waals surface area contributed by atoms with Gasteiger partial charge >= 0.3 is 5.97 Å². The number of carbonyl (C=O) groups is 3. The first-order valence-corrected chi connectivity index (χ1v) is 9.89. The van der Waals surface area contributed by atoms with Gasteiger partial charge < -0.3 is 15.7 Å². The van der Waals surface area contributed by atoms with Crippen molar-refractivity contribution in [2.45, 2.75) is 58.2 Å². The van der Waals surface area contributed by atoms with E-state index in [9.17, 15) is 14.4 Å². The molecular formula is C21H31N3O4. The molecule has 154 valence electrons. The molecule has 1 aromatic carbocycles. The molecule has 0 spiro atoms. The van der Waals surface area contributed by atoms with Crippen molar-refractivity contribution in [1.29, 1.82) is 0 Å². The van der Waals surface area contributed by atoms with Crippen molar-refractivity contribution in [3.8, 4) is 0 Å². The van der Waals surface area contributed by atoms with E-state index in [1.165, 1.54) is 0 Å². The van der Waals surface area contributed by atoms with E-state index in [1.54, 1.807) is 0 Å². The number of rotatable bonds is 10. The van der Waals surface area contributed by atoms with E-state index in [4.69, 9.17) is 5.11 Å². The molecule has 0 saturated heterocycles. The first-order valence-electron chi connectivity index (χ1n) is 9.89. The van der Waals surface area contributed by atoms with Crippen LogP contribution in [0.25, 0.3) is 0 Å². The van der Waals surface area contributed by atoms with Crippen LogP contribution in [0.15, 0.2) is 30.3 Å². The number of carboxylic acid groups (broad SMARTS) is 1. The minimum absolute atomic E-state index is 0.0198. The van der Waals surface area contributed by atoms with E-state index in [0.717, 1.165) is 18.4 Å². The van der Waals surface area contributed by atoms with Gasteiger partial charge in [-0.15, -0.1) is 0 Å². The number of aliphatic carboxylic acids is 1. The molecule has 0 aliphatic heterocycles. The van der Waals surface area contributed by atoms with Crippen molar-refractivity contribution in [2.75, 3.05) is 13.1 Å². The number of amides is 2. The summed E-state index contributed by atoms with van der Waals surface area (Å²) in [6.45, 7) is 6.43. The summed E-state index contributed by atoms with van der Waals surface area (Å²) < 4.78 is 0. The number of carbonyl (C=O) groups excluding carboxylic acids is 2. The van der Waals surface area contributed by atoms with E-state index in [1.807, 2.05) is 56.0 Å². The maximum Gasteiger partial charge on any atom is 0.317 e. The van der Waals surface area contributed by atoms with Gasteiger partial charge in [0.05, 0.1) is 13.0 Å². The van der Waals surface area contributed by atoms with Gasteiger partial charge in [0.15, 0.2) is 0 Å². The van der Waals surface area contributed by atoms with E-state index in [0.29, 0.717) is 6.54 Å². The highest BCUT2D eigenvalue weighted by Gasteiger charge is 2.36. The Bertz CT molecular complexity index is 671. The normalized spacial score (nSPS) is 19.8. The van der Waals surface area contributed by atoms with E-state index in [2.05, 4.69) is 10.6 Å². The number of carboxylic acids is 1. The standard InChI is InChI=1S/C21H31N3O4/c1-4-24(13-19(26)27)17-11-16(12-17)22-21(28)20(14(2)3)23-18(25)10-15-8-6-5-7-9-15/h5-9,14,16-17,20H,4,10-13H2,1-3H3,(H,22,28)(H,23,25)(H,26,27). The van der Waals surface area contributed by atoms with E-state index in [-0.39, 0.29) is 42.8 Å². The fourth-order valence-corrected chi connectivity index (χ4v) is 3.51. The van der Waals surface area contributed by atoms with Gasteiger partial charge in [-0.1, -0.05) is 51.1 Å². The molecule has 0 aromatic heterocycles. The first-order chi connectivity index (χ1) is 13.3. The predicted molar refractivity (Wildman–Crippen MR) is 107 cm³/mol. The highest BCUT2D eigenvalue weighted by molar-refractivity contribution is 5.88. The van der Waals surface area contributed by atoms with Crippen LogP contribution in [-0.4, -0.2) is 59.0 Å². The molecule has 1 aromatic rings. The lowest BCUT2D eigenvalue weighted by atomic mass is 9.85. The lowest BCUT2D eigenvalue weighted by Crippen LogP contribution is -2.58. The number of nitrogens with zero attached hydrogens (tertiary/aromatic N) is 1. The van der Waals surface area contributed by atoms with Gasteiger partial charge in [-0.05, 0) is 30.9 Å². The molecule has 2 rings (SSSR count). The Morgan fingerprint density at radius 2 is 1.82 bits per heavy atom. The van der Waals surface area contributed by atoms with Crippen molar-refractivity contribution in [3.05, 3.63) is 35.9 Å². The van der Waals surface area contributed by atoms with Crippen LogP contribution in [0.3, 0.4) is 0 Å². The minimum Gasteiger partial charge on any atom is -0.480 e. The Hall–Kier alpha value is -2.41. The second-order valence-corrected chi connectivity index (χ2v) is 7.74. The van der Waals surface area contributed by atoms with Crippen LogP contribution >= 0.6 is 0 Å². The van der Waals surface area contributed by atoms with Crippen molar-refractivity contribution >= 4 is 17.8 Å². The molecule has 28 heavy (non-hydrogen) atoms. The third-order valence-corrected chi connectivity index (χ3v) is 5.19. The summed E-state index contributed by atoms with van der Waals surface area (Å²) in [6, 6.07) is 9.04. The molecule has 7 nitrogen and oxygen atoms in total. The molecule has 1 fully saturated rings. The van der Waals surface area contributed by atoms with Crippen LogP contribution in [0.2, 0.25) is 0 Å². The molecule has 0 heterocycles. The minimum atomic E-state index is -0.838. The summed E-state index contributed by atoms with van der Waals surface area (Å²) in [6.07, 6.45) is 1.70. The van der Waals surface area contributed by atoms with Crippen LogP contribution in [-0.2, 0) is 20.8 Å². The Balaban J connectivity index is 1.83. The van der Waals surface area contributed by atoms with Gasteiger partial charge in [0.1, 0.15) is 6.04 Å². The summed E-state index contributed by atoms with van der Waals surface area (Å²) >= 11 is 0. The van der Waals surface area contributed by atoms with Crippen molar-refractivity contribution in [2.24, 2.45) is 5.92 Å². The van der Waals surface area contributed by atoms with Crippen LogP contribution in [0.4, 0.5) is 0 Å². The number of benzene rings is 1. The van der Waals surface area contributed by atoms with Crippen molar-refractivity contribution in [3.63, 3.8) is 0 Å². The number of likely N-dealkylation sites (N-methyl/N-ethyl adjacent to an activating group) is 1. The third kappa shape index (κ3) is 6.34. The average Bonchev–Trinajstić information content (AvgIpc) is 2.61. The van der Waals surface area contributed by atoms with Gasteiger partial charge in [-0.3, -0.25) is 19.3 Å². The fourth-order valence-electron chi connectivity index (χ4n) is 3.51. The van der Waals surface area contributed by atoms with Gasteiger partial charge in [-0.25, -0.2) is 0 Å². The quantitative estimate of drug-likeness (QED) is 0.562. The largest absolute Gasteiger partial charge is 0.480 e. The highest BCUT2D eigenvalue weighted by atomic mass is 16.4. The summed E-state index contributed by atoms with van der Waals surface area (Å²) in [4.78, 5) is 37.8. The summed E-state index contributed by atoms with van der Waals surface area (Å²) in [5.74, 6) is -1.23. The molecule has 1 saturated carbocycles. The Morgan fingerprint density at radius 3 is 2.36 bits per heavy atom. The lowest BCUT2D eigenvalue weighted by Gasteiger charge is -2.42. The zero-order valence-corrected chi connectivity index (χ0v) is 16.9. The van der Waals surface area contributed by atoms with Gasteiger partial charge in [-0.2, -0.15) is 0 Å². The molecule has 7 heteroatoms. The molecule has 0 radical (unpaired) electrons. The van der Waals surface area contributed by atoms with E-state index < -0.39 is 12.0 Å². The predicted octanol–water partition coefficient (Wildman–Crippen LogP) is 1.42. The van der Waals surface area contributed by atoms with Crippen molar-refractivity contribution in [1.82, 2.24) is 15.5 Å². The smallest absolute Gasteiger partial charge is 0.317 e. The van der Waals surface area contributed by atoms with Crippen LogP contribution < -0.4 is 10.6 Å². The van der Waals surface area contributed by atoms with Gasteiger partial charge in [0.25, 0.3) is 0 Å². The number of nitrogens with one attached hydrogen (secondary N) is 2. The lowest BCUT2D eigenvalue weighted by molar-refractivity contribution is -0.140. The molecule has 2 amide bonds. The number of hydrogen-bond donors (Lipinski definition) is 3. The first kappa shape index (κ1) is 21.9. The van der Waals surface area contributed by atoms with Gasteiger partial charge in [0.2, 0.25) is 11.8 Å². The third-order valence-electron chi connectivity index (χ3n) is 5.19. The average molecular weight is 389 g/mol. The Morgan fingerprint density at radius 1 is 1.18 bits per heavy atom. The summed E-state index contributed by atoms with van der Waals surface area (Å²) in [7, 11) is 0. The molecule has 0 bridgehead atoms. The molecule has 1 aliphatic rings. The van der Waals surface area contributed by atoms with Gasteiger partial charge in [0, 0.05) is 12.1 Å². The molecule has 3 N–H and O–H groups in total. The zero-order valence-electron chi connectivity index (χ0n) is 16.9. The molecular weight excluding hydrogens is 358 g/mol. The summed E-state index contributed by atoms with van der Waals surface area (Å²) in [5, 5.41) is 14.8. The fraction of sp³-hybridized carbons (Fsp3) is 0.571. The Labute approximate surface area is 166 Å². The maximum atomic E-state index is 12.7. The second kappa shape index (κ2) is 10.2.